The summed E-state index contributed by atoms with van der Waals surface area (Å²) in [6.07, 6.45) is -0.656. The van der Waals surface area contributed by atoms with Crippen molar-refractivity contribution in [3.8, 4) is 17.2 Å². The second-order valence-corrected chi connectivity index (χ2v) is 9.38. The average Bonchev–Trinajstić information content (AvgIpc) is 2.87. The summed E-state index contributed by atoms with van der Waals surface area (Å²) in [5.74, 6) is 2.12. The van der Waals surface area contributed by atoms with Gasteiger partial charge in [-0.05, 0) is 56.3 Å². The maximum Gasteiger partial charge on any atom is 0.161 e. The molecule has 6 heteroatoms. The van der Waals surface area contributed by atoms with Gasteiger partial charge in [-0.25, -0.2) is 0 Å². The molecule has 3 aromatic carbocycles. The third-order valence-electron chi connectivity index (χ3n) is 5.95. The lowest BCUT2D eigenvalue weighted by atomic mass is 9.95. The van der Waals surface area contributed by atoms with E-state index in [4.69, 9.17) is 14.2 Å². The van der Waals surface area contributed by atoms with Gasteiger partial charge in [0.25, 0.3) is 0 Å². The van der Waals surface area contributed by atoms with E-state index in [1.165, 1.54) is 11.1 Å². The number of hydrogen-bond acceptors (Lipinski definition) is 6. The summed E-state index contributed by atoms with van der Waals surface area (Å²) in [5.41, 5.74) is 2.17. The highest BCUT2D eigenvalue weighted by atomic mass is 16.5. The Labute approximate surface area is 209 Å². The fraction of sp³-hybridized carbons (Fsp3) is 0.379. The minimum atomic E-state index is -0.656. The molecule has 0 bridgehead atoms. The molecule has 0 aliphatic carbocycles. The smallest absolute Gasteiger partial charge is 0.161 e. The van der Waals surface area contributed by atoms with E-state index in [0.29, 0.717) is 18.0 Å². The third-order valence-corrected chi connectivity index (χ3v) is 5.95. The summed E-state index contributed by atoms with van der Waals surface area (Å²) in [6, 6.07) is 26.3. The number of benzene rings is 3. The minimum Gasteiger partial charge on any atom is -0.497 e. The maximum absolute atomic E-state index is 10.5. The van der Waals surface area contributed by atoms with Gasteiger partial charge >= 0.3 is 0 Å². The predicted molar refractivity (Wildman–Crippen MR) is 140 cm³/mol. The van der Waals surface area contributed by atoms with Gasteiger partial charge in [0.05, 0.1) is 20.3 Å². The quantitative estimate of drug-likeness (QED) is 0.376. The number of nitrogens with one attached hydrogen (secondary N) is 1. The molecule has 6 nitrogen and oxygen atoms in total. The monoisotopic (exact) mass is 478 g/mol. The van der Waals surface area contributed by atoms with Crippen molar-refractivity contribution >= 4 is 0 Å². The van der Waals surface area contributed by atoms with Crippen molar-refractivity contribution in [2.45, 2.75) is 31.5 Å². The normalized spacial score (nSPS) is 13.3. The van der Waals surface area contributed by atoms with Crippen molar-refractivity contribution in [3.63, 3.8) is 0 Å². The highest BCUT2D eigenvalue weighted by Crippen LogP contribution is 2.30. The number of likely N-dealkylation sites (N-methyl/N-ethyl adjacent to an activating group) is 1. The molecule has 0 amide bonds. The van der Waals surface area contributed by atoms with Gasteiger partial charge in [0, 0.05) is 18.6 Å². The Morgan fingerprint density at radius 2 is 1.43 bits per heavy atom. The Hall–Kier alpha value is -3.06. The van der Waals surface area contributed by atoms with Crippen LogP contribution in [-0.2, 0) is 0 Å². The summed E-state index contributed by atoms with van der Waals surface area (Å²) in [4.78, 5) is 2.34. The zero-order chi connectivity index (χ0) is 25.3. The van der Waals surface area contributed by atoms with Gasteiger partial charge < -0.3 is 24.6 Å². The molecule has 0 saturated carbocycles. The van der Waals surface area contributed by atoms with Gasteiger partial charge in [-0.2, -0.15) is 0 Å². The number of nitrogens with zero attached hydrogens (tertiary/aromatic N) is 1. The summed E-state index contributed by atoms with van der Waals surface area (Å²) < 4.78 is 16.4. The largest absolute Gasteiger partial charge is 0.497 e. The molecule has 35 heavy (non-hydrogen) atoms. The van der Waals surface area contributed by atoms with Crippen LogP contribution >= 0.6 is 0 Å². The van der Waals surface area contributed by atoms with Crippen molar-refractivity contribution < 1.29 is 19.3 Å². The van der Waals surface area contributed by atoms with Gasteiger partial charge in [-0.15, -0.1) is 0 Å². The first kappa shape index (κ1) is 26.5. The second-order valence-electron chi connectivity index (χ2n) is 9.38. The third kappa shape index (κ3) is 7.72. The summed E-state index contributed by atoms with van der Waals surface area (Å²) in [7, 11) is 5.42. The van der Waals surface area contributed by atoms with Crippen LogP contribution in [-0.4, -0.2) is 62.6 Å². The Kier molecular flexibility index (Phi) is 9.55. The molecule has 2 unspecified atom stereocenters. The molecule has 0 aromatic heterocycles. The van der Waals surface area contributed by atoms with E-state index in [1.54, 1.807) is 14.2 Å². The van der Waals surface area contributed by atoms with Gasteiger partial charge in [0.1, 0.15) is 18.5 Å². The molecule has 3 aromatic rings. The molecule has 188 valence electrons. The summed E-state index contributed by atoms with van der Waals surface area (Å²) >= 11 is 0. The standard InChI is InChI=1S/C29H38N2O4/c1-29(2,30-19-24(32)20-35-27-14-10-9-13-26(27)34-5)21-31(3)28(22-11-7-6-8-12-22)23-15-17-25(33-4)18-16-23/h6-18,24,28,30,32H,19-21H2,1-5H3. The Bertz CT molecular complexity index is 1020. The van der Waals surface area contributed by atoms with E-state index < -0.39 is 6.10 Å². The number of β-amino-alcohol motifs (C(OH)–C–C–N with tert-alkyl or cyclic N) is 1. The number of rotatable bonds is 13. The zero-order valence-corrected chi connectivity index (χ0v) is 21.4. The number of aliphatic hydroxyl groups is 1. The van der Waals surface area contributed by atoms with Crippen LogP contribution in [0.4, 0.5) is 0 Å². The molecule has 0 aliphatic rings. The van der Waals surface area contributed by atoms with Gasteiger partial charge in [0.2, 0.25) is 0 Å². The van der Waals surface area contributed by atoms with Crippen LogP contribution in [0.1, 0.15) is 31.0 Å². The number of para-hydroxylation sites is 2. The Morgan fingerprint density at radius 3 is 2.06 bits per heavy atom. The SMILES string of the molecule is COc1ccc(C(c2ccccc2)N(C)CC(C)(C)NCC(O)COc2ccccc2OC)cc1. The lowest BCUT2D eigenvalue weighted by Gasteiger charge is -2.37. The van der Waals surface area contributed by atoms with Crippen molar-refractivity contribution in [1.82, 2.24) is 10.2 Å². The molecule has 2 atom stereocenters. The Balaban J connectivity index is 1.62. The highest BCUT2D eigenvalue weighted by Gasteiger charge is 2.27. The lowest BCUT2D eigenvalue weighted by molar-refractivity contribution is 0.0922. The van der Waals surface area contributed by atoms with Gasteiger partial charge in [-0.3, -0.25) is 4.90 Å². The molecule has 0 saturated heterocycles. The minimum absolute atomic E-state index is 0.0852. The van der Waals surface area contributed by atoms with E-state index in [-0.39, 0.29) is 18.2 Å². The fourth-order valence-electron chi connectivity index (χ4n) is 4.27. The molecule has 0 fully saturated rings. The molecule has 3 rings (SSSR count). The molecule has 0 aliphatic heterocycles. The van der Waals surface area contributed by atoms with Crippen LogP contribution in [0.3, 0.4) is 0 Å². The topological polar surface area (TPSA) is 63.2 Å². The summed E-state index contributed by atoms with van der Waals surface area (Å²) in [6.45, 7) is 5.64. The van der Waals surface area contributed by atoms with Crippen molar-refractivity contribution in [1.29, 1.82) is 0 Å². The maximum atomic E-state index is 10.5. The van der Waals surface area contributed by atoms with Crippen molar-refractivity contribution in [2.24, 2.45) is 0 Å². The predicted octanol–water partition coefficient (Wildman–Crippen LogP) is 4.53. The molecule has 0 radical (unpaired) electrons. The molecule has 0 heterocycles. The average molecular weight is 479 g/mol. The van der Waals surface area contributed by atoms with Crippen LogP contribution < -0.4 is 19.5 Å². The highest BCUT2D eigenvalue weighted by molar-refractivity contribution is 5.39. The van der Waals surface area contributed by atoms with Crippen LogP contribution in [0.2, 0.25) is 0 Å². The number of methoxy groups -OCH3 is 2. The van der Waals surface area contributed by atoms with Crippen molar-refractivity contribution in [3.05, 3.63) is 90.0 Å². The fourth-order valence-corrected chi connectivity index (χ4v) is 4.27. The van der Waals surface area contributed by atoms with Crippen LogP contribution in [0.15, 0.2) is 78.9 Å². The van der Waals surface area contributed by atoms with Crippen LogP contribution in [0, 0.1) is 0 Å². The van der Waals surface area contributed by atoms with Crippen LogP contribution in [0.5, 0.6) is 17.2 Å². The molecule has 2 N–H and O–H groups in total. The summed E-state index contributed by atoms with van der Waals surface area (Å²) in [5, 5.41) is 14.0. The molecular weight excluding hydrogens is 440 g/mol. The van der Waals surface area contributed by atoms with Crippen LogP contribution in [0.25, 0.3) is 0 Å². The van der Waals surface area contributed by atoms with Crippen molar-refractivity contribution in [2.75, 3.05) is 41.0 Å². The van der Waals surface area contributed by atoms with Gasteiger partial charge in [0.15, 0.2) is 11.5 Å². The number of ether oxygens (including phenoxy) is 3. The first-order valence-corrected chi connectivity index (χ1v) is 11.9. The number of aliphatic hydroxyl groups excluding tert-OH is 1. The van der Waals surface area contributed by atoms with E-state index in [1.807, 2.05) is 42.5 Å². The first-order valence-electron chi connectivity index (χ1n) is 11.9. The van der Waals surface area contributed by atoms with Gasteiger partial charge in [-0.1, -0.05) is 54.6 Å². The molecule has 0 spiro atoms. The van der Waals surface area contributed by atoms with E-state index in [0.717, 1.165) is 12.3 Å². The molecular formula is C29H38N2O4. The van der Waals surface area contributed by atoms with E-state index >= 15 is 0 Å². The lowest BCUT2D eigenvalue weighted by Crippen LogP contribution is -2.51. The first-order chi connectivity index (χ1) is 16.8. The number of hydrogen-bond donors (Lipinski definition) is 2. The second kappa shape index (κ2) is 12.6. The zero-order valence-electron chi connectivity index (χ0n) is 21.4. The Morgan fingerprint density at radius 1 is 0.829 bits per heavy atom. The van der Waals surface area contributed by atoms with E-state index in [2.05, 4.69) is 67.5 Å². The van der Waals surface area contributed by atoms with E-state index in [9.17, 15) is 5.11 Å².